The van der Waals surface area contributed by atoms with E-state index in [0.29, 0.717) is 23.7 Å². The number of fused-ring (bicyclic) bond motifs is 3. The third-order valence-corrected chi connectivity index (χ3v) is 6.08. The SMILES string of the molecule is CC(=O)OCCc1c(C)c(C#N)c2nc3ccccc3n2c1C1NCC[C@@H]1N(C)C. The van der Waals surface area contributed by atoms with Crippen molar-refractivity contribution in [2.24, 2.45) is 0 Å². The Hall–Kier alpha value is -2.95. The van der Waals surface area contributed by atoms with Gasteiger partial charge in [-0.2, -0.15) is 5.26 Å². The molecule has 156 valence electrons. The Kier molecular flexibility index (Phi) is 5.46. The number of carbonyl (C=O) groups is 1. The van der Waals surface area contributed by atoms with Crippen LogP contribution in [0.4, 0.5) is 0 Å². The zero-order valence-corrected chi connectivity index (χ0v) is 17.9. The van der Waals surface area contributed by atoms with Crippen molar-refractivity contribution in [3.63, 3.8) is 0 Å². The normalized spacial score (nSPS) is 18.9. The maximum absolute atomic E-state index is 11.4. The summed E-state index contributed by atoms with van der Waals surface area (Å²) in [6, 6.07) is 10.8. The summed E-state index contributed by atoms with van der Waals surface area (Å²) in [5, 5.41) is 13.6. The zero-order chi connectivity index (χ0) is 21.4. The summed E-state index contributed by atoms with van der Waals surface area (Å²) < 4.78 is 7.41. The Morgan fingerprint density at radius 1 is 1.40 bits per heavy atom. The minimum atomic E-state index is -0.297. The van der Waals surface area contributed by atoms with E-state index in [1.165, 1.54) is 6.92 Å². The number of imidazole rings is 1. The Balaban J connectivity index is 2.04. The number of carbonyl (C=O) groups excluding carboxylic acids is 1. The summed E-state index contributed by atoms with van der Waals surface area (Å²) >= 11 is 0. The summed E-state index contributed by atoms with van der Waals surface area (Å²) in [6.07, 6.45) is 1.59. The van der Waals surface area contributed by atoms with E-state index in [9.17, 15) is 10.1 Å². The van der Waals surface area contributed by atoms with Crippen molar-refractivity contribution in [1.29, 1.82) is 5.26 Å². The smallest absolute Gasteiger partial charge is 0.302 e. The summed E-state index contributed by atoms with van der Waals surface area (Å²) in [6.45, 7) is 4.60. The fourth-order valence-electron chi connectivity index (χ4n) is 4.68. The van der Waals surface area contributed by atoms with Crippen LogP contribution in [-0.4, -0.2) is 53.5 Å². The number of para-hydroxylation sites is 2. The Morgan fingerprint density at radius 2 is 2.17 bits per heavy atom. The third-order valence-electron chi connectivity index (χ3n) is 6.08. The van der Waals surface area contributed by atoms with Gasteiger partial charge in [0, 0.05) is 25.1 Å². The van der Waals surface area contributed by atoms with Gasteiger partial charge in [0.05, 0.1) is 29.2 Å². The van der Waals surface area contributed by atoms with Crippen LogP contribution in [0.25, 0.3) is 16.7 Å². The fourth-order valence-corrected chi connectivity index (χ4v) is 4.68. The van der Waals surface area contributed by atoms with Gasteiger partial charge in [-0.25, -0.2) is 4.98 Å². The third kappa shape index (κ3) is 3.32. The van der Waals surface area contributed by atoms with Crippen molar-refractivity contribution in [2.75, 3.05) is 27.2 Å². The number of aromatic nitrogens is 2. The van der Waals surface area contributed by atoms with Crippen molar-refractivity contribution < 1.29 is 9.53 Å². The predicted molar refractivity (Wildman–Crippen MR) is 115 cm³/mol. The first kappa shape index (κ1) is 20.3. The second-order valence-electron chi connectivity index (χ2n) is 8.08. The molecule has 1 aromatic carbocycles. The van der Waals surface area contributed by atoms with E-state index in [2.05, 4.69) is 34.8 Å². The molecule has 0 spiro atoms. The minimum Gasteiger partial charge on any atom is -0.466 e. The van der Waals surface area contributed by atoms with Gasteiger partial charge in [0.25, 0.3) is 0 Å². The summed E-state index contributed by atoms with van der Waals surface area (Å²) in [7, 11) is 4.20. The van der Waals surface area contributed by atoms with Crippen LogP contribution in [0.15, 0.2) is 24.3 Å². The van der Waals surface area contributed by atoms with Crippen LogP contribution >= 0.6 is 0 Å². The van der Waals surface area contributed by atoms with E-state index in [4.69, 9.17) is 9.72 Å². The average molecular weight is 406 g/mol. The monoisotopic (exact) mass is 405 g/mol. The topological polar surface area (TPSA) is 82.7 Å². The molecule has 2 atom stereocenters. The molecule has 7 heteroatoms. The van der Waals surface area contributed by atoms with Crippen molar-refractivity contribution in [3.8, 4) is 6.07 Å². The highest BCUT2D eigenvalue weighted by molar-refractivity contribution is 5.84. The molecule has 7 nitrogen and oxygen atoms in total. The van der Waals surface area contributed by atoms with Gasteiger partial charge in [-0.05, 0) is 57.2 Å². The highest BCUT2D eigenvalue weighted by Gasteiger charge is 2.35. The van der Waals surface area contributed by atoms with Crippen molar-refractivity contribution in [2.45, 2.75) is 38.8 Å². The molecule has 1 fully saturated rings. The highest BCUT2D eigenvalue weighted by Crippen LogP contribution is 2.35. The number of pyridine rings is 1. The molecule has 0 amide bonds. The van der Waals surface area contributed by atoms with E-state index >= 15 is 0 Å². The first-order chi connectivity index (χ1) is 14.4. The molecular formula is C23H27N5O2. The molecule has 1 saturated heterocycles. The zero-order valence-electron chi connectivity index (χ0n) is 17.9. The van der Waals surface area contributed by atoms with Gasteiger partial charge in [0.2, 0.25) is 0 Å². The number of likely N-dealkylation sites (N-methyl/N-ethyl adjacent to an activating group) is 1. The lowest BCUT2D eigenvalue weighted by molar-refractivity contribution is -0.140. The first-order valence-electron chi connectivity index (χ1n) is 10.3. The molecule has 0 radical (unpaired) electrons. The van der Waals surface area contributed by atoms with Crippen molar-refractivity contribution in [3.05, 3.63) is 46.6 Å². The van der Waals surface area contributed by atoms with E-state index in [1.54, 1.807) is 0 Å². The molecule has 1 N–H and O–H groups in total. The van der Waals surface area contributed by atoms with E-state index in [0.717, 1.165) is 40.8 Å². The van der Waals surface area contributed by atoms with Crippen molar-refractivity contribution in [1.82, 2.24) is 19.6 Å². The lowest BCUT2D eigenvalue weighted by Gasteiger charge is -2.29. The van der Waals surface area contributed by atoms with Gasteiger partial charge in [0.1, 0.15) is 6.07 Å². The molecule has 0 aliphatic carbocycles. The molecule has 3 heterocycles. The summed E-state index contributed by atoms with van der Waals surface area (Å²) in [5.74, 6) is -0.297. The number of ether oxygens (including phenoxy) is 1. The number of hydrogen-bond acceptors (Lipinski definition) is 6. The van der Waals surface area contributed by atoms with Crippen LogP contribution in [0.5, 0.6) is 0 Å². The molecule has 30 heavy (non-hydrogen) atoms. The second-order valence-corrected chi connectivity index (χ2v) is 8.08. The molecule has 3 aromatic rings. The van der Waals surface area contributed by atoms with Gasteiger partial charge in [-0.15, -0.1) is 0 Å². The quantitative estimate of drug-likeness (QED) is 0.657. The maximum Gasteiger partial charge on any atom is 0.302 e. The predicted octanol–water partition coefficient (Wildman–Crippen LogP) is 2.74. The van der Waals surface area contributed by atoms with E-state index in [1.807, 2.05) is 31.2 Å². The van der Waals surface area contributed by atoms with E-state index in [-0.39, 0.29) is 18.6 Å². The molecule has 0 bridgehead atoms. The second kappa shape index (κ2) is 8.05. The molecule has 0 saturated carbocycles. The van der Waals surface area contributed by atoms with Gasteiger partial charge >= 0.3 is 5.97 Å². The fraction of sp³-hybridized carbons (Fsp3) is 0.435. The molecular weight excluding hydrogens is 378 g/mol. The number of nitrogens with zero attached hydrogens (tertiary/aromatic N) is 4. The Bertz CT molecular complexity index is 1160. The van der Waals surface area contributed by atoms with Crippen LogP contribution in [0.1, 0.15) is 41.8 Å². The standard InChI is InChI=1S/C23H27N5O2/c1-14-16(10-12-30-15(2)29)22(21-20(27(3)4)9-11-25-21)28-19-8-6-5-7-18(19)26-23(28)17(14)13-24/h5-8,20-21,25H,9-12H2,1-4H3/t20-,21?/m0/s1. The number of esters is 1. The van der Waals surface area contributed by atoms with Crippen LogP contribution < -0.4 is 5.32 Å². The van der Waals surface area contributed by atoms with Crippen LogP contribution in [0.3, 0.4) is 0 Å². The number of benzene rings is 1. The van der Waals surface area contributed by atoms with Crippen LogP contribution in [0, 0.1) is 18.3 Å². The van der Waals surface area contributed by atoms with Gasteiger partial charge in [0.15, 0.2) is 5.65 Å². The molecule has 2 aromatic heterocycles. The number of nitriles is 1. The van der Waals surface area contributed by atoms with Gasteiger partial charge in [-0.3, -0.25) is 9.20 Å². The maximum atomic E-state index is 11.4. The highest BCUT2D eigenvalue weighted by atomic mass is 16.5. The first-order valence-corrected chi connectivity index (χ1v) is 10.3. The number of rotatable bonds is 5. The van der Waals surface area contributed by atoms with Crippen LogP contribution in [0.2, 0.25) is 0 Å². The lowest BCUT2D eigenvalue weighted by atomic mass is 9.93. The largest absolute Gasteiger partial charge is 0.466 e. The van der Waals surface area contributed by atoms with E-state index < -0.39 is 0 Å². The lowest BCUT2D eigenvalue weighted by Crippen LogP contribution is -2.35. The summed E-state index contributed by atoms with van der Waals surface area (Å²) in [5.41, 5.74) is 6.19. The molecule has 1 aliphatic heterocycles. The molecule has 1 aliphatic rings. The summed E-state index contributed by atoms with van der Waals surface area (Å²) in [4.78, 5) is 18.4. The molecule has 4 rings (SSSR count). The Morgan fingerprint density at radius 3 is 2.87 bits per heavy atom. The minimum absolute atomic E-state index is 0.0823. The van der Waals surface area contributed by atoms with Crippen molar-refractivity contribution >= 4 is 22.6 Å². The van der Waals surface area contributed by atoms with Crippen LogP contribution in [-0.2, 0) is 16.0 Å². The van der Waals surface area contributed by atoms with Gasteiger partial charge in [-0.1, -0.05) is 12.1 Å². The number of nitrogens with one attached hydrogen (secondary N) is 1. The van der Waals surface area contributed by atoms with Gasteiger partial charge < -0.3 is 15.0 Å². The average Bonchev–Trinajstić information content (AvgIpc) is 3.33. The number of hydrogen-bond donors (Lipinski definition) is 1. The Labute approximate surface area is 176 Å². The molecule has 1 unspecified atom stereocenters.